The summed E-state index contributed by atoms with van der Waals surface area (Å²) in [7, 11) is 0. The van der Waals surface area contributed by atoms with Gasteiger partial charge in [-0.1, -0.05) is 25.0 Å². The van der Waals surface area contributed by atoms with E-state index in [1.54, 1.807) is 0 Å². The van der Waals surface area contributed by atoms with Crippen molar-refractivity contribution in [2.75, 3.05) is 30.0 Å². The van der Waals surface area contributed by atoms with E-state index < -0.39 is 0 Å². The molecule has 136 valence electrons. The summed E-state index contributed by atoms with van der Waals surface area (Å²) < 4.78 is 5.82. The minimum absolute atomic E-state index is 0.0686. The van der Waals surface area contributed by atoms with E-state index >= 15 is 0 Å². The number of morpholine rings is 1. The average molecular weight is 362 g/mol. The fourth-order valence-electron chi connectivity index (χ4n) is 3.64. The Balaban J connectivity index is 1.43. The molecule has 3 rings (SSSR count). The number of anilines is 1. The van der Waals surface area contributed by atoms with Crippen molar-refractivity contribution in [2.45, 2.75) is 44.8 Å². The summed E-state index contributed by atoms with van der Waals surface area (Å²) in [5, 5.41) is 2.88. The highest BCUT2D eigenvalue weighted by Gasteiger charge is 2.36. The van der Waals surface area contributed by atoms with Crippen molar-refractivity contribution < 1.29 is 14.3 Å². The maximum absolute atomic E-state index is 12.6. The fraction of sp³-hybridized carbons (Fsp3) is 0.579. The molecule has 1 saturated carbocycles. The topological polar surface area (TPSA) is 58.6 Å². The van der Waals surface area contributed by atoms with Crippen molar-refractivity contribution in [1.82, 2.24) is 4.90 Å². The zero-order valence-electron chi connectivity index (χ0n) is 14.7. The second kappa shape index (κ2) is 8.72. The molecule has 1 saturated heterocycles. The van der Waals surface area contributed by atoms with Crippen LogP contribution < -0.4 is 5.32 Å². The largest absolute Gasteiger partial charge is 0.374 e. The Morgan fingerprint density at radius 3 is 2.96 bits per heavy atom. The molecule has 1 N–H and O–H groups in total. The Kier molecular flexibility index (Phi) is 6.37. The van der Waals surface area contributed by atoms with Gasteiger partial charge in [-0.05, 0) is 37.5 Å². The van der Waals surface area contributed by atoms with Crippen LogP contribution in [0.1, 0.15) is 31.2 Å². The Bertz CT molecular complexity index is 620. The van der Waals surface area contributed by atoms with E-state index in [4.69, 9.17) is 4.74 Å². The fourth-order valence-corrected chi connectivity index (χ4v) is 4.34. The zero-order chi connectivity index (χ0) is 17.6. The molecule has 1 heterocycles. The van der Waals surface area contributed by atoms with E-state index in [-0.39, 0.29) is 29.7 Å². The van der Waals surface area contributed by atoms with Crippen LogP contribution in [0, 0.1) is 6.92 Å². The average Bonchev–Trinajstić information content (AvgIpc) is 2.61. The smallest absolute Gasteiger partial charge is 0.234 e. The van der Waals surface area contributed by atoms with E-state index in [0.717, 1.165) is 24.1 Å². The van der Waals surface area contributed by atoms with Gasteiger partial charge in [0.25, 0.3) is 0 Å². The van der Waals surface area contributed by atoms with Crippen LogP contribution >= 0.6 is 11.8 Å². The summed E-state index contributed by atoms with van der Waals surface area (Å²) in [5.74, 6) is 0.706. The molecule has 0 spiro atoms. The molecule has 1 aliphatic carbocycles. The number of carbonyl (C=O) groups is 2. The van der Waals surface area contributed by atoms with Crippen LogP contribution in [0.5, 0.6) is 0 Å². The standard InChI is InChI=1S/C19H26N2O3S/c1-14-5-4-6-15(11-14)20-18(22)12-25-13-19(23)21-9-10-24-17-8-3-2-7-16(17)21/h4-6,11,16-17H,2-3,7-10,12-13H2,1H3,(H,20,22). The summed E-state index contributed by atoms with van der Waals surface area (Å²) in [6, 6.07) is 7.95. The molecule has 2 amide bonds. The summed E-state index contributed by atoms with van der Waals surface area (Å²) in [4.78, 5) is 26.6. The molecule has 2 atom stereocenters. The number of carbonyl (C=O) groups excluding carboxylic acids is 2. The molecule has 0 radical (unpaired) electrons. The summed E-state index contributed by atoms with van der Waals surface area (Å²) in [6.07, 6.45) is 4.66. The maximum Gasteiger partial charge on any atom is 0.234 e. The summed E-state index contributed by atoms with van der Waals surface area (Å²) in [6.45, 7) is 3.30. The van der Waals surface area contributed by atoms with Crippen LogP contribution in [0.25, 0.3) is 0 Å². The van der Waals surface area contributed by atoms with E-state index in [2.05, 4.69) is 5.32 Å². The lowest BCUT2D eigenvalue weighted by Crippen LogP contribution is -2.55. The lowest BCUT2D eigenvalue weighted by atomic mass is 9.90. The number of benzene rings is 1. The normalized spacial score (nSPS) is 23.0. The van der Waals surface area contributed by atoms with Crippen molar-refractivity contribution in [2.24, 2.45) is 0 Å². The Labute approximate surface area is 153 Å². The Morgan fingerprint density at radius 2 is 2.12 bits per heavy atom. The molecule has 1 aliphatic heterocycles. The number of aryl methyl sites for hydroxylation is 1. The van der Waals surface area contributed by atoms with Crippen LogP contribution in [0.2, 0.25) is 0 Å². The second-order valence-electron chi connectivity index (χ2n) is 6.76. The third-order valence-electron chi connectivity index (χ3n) is 4.81. The molecular weight excluding hydrogens is 336 g/mol. The molecule has 2 unspecified atom stereocenters. The molecule has 2 aliphatic rings. The Hall–Kier alpha value is -1.53. The first-order chi connectivity index (χ1) is 12.1. The van der Waals surface area contributed by atoms with Crippen molar-refractivity contribution in [1.29, 1.82) is 0 Å². The monoisotopic (exact) mass is 362 g/mol. The van der Waals surface area contributed by atoms with Gasteiger partial charge in [0.1, 0.15) is 0 Å². The zero-order valence-corrected chi connectivity index (χ0v) is 15.5. The van der Waals surface area contributed by atoms with E-state index in [1.807, 2.05) is 36.1 Å². The van der Waals surface area contributed by atoms with E-state index in [1.165, 1.54) is 24.6 Å². The van der Waals surface area contributed by atoms with Crippen LogP contribution in [0.4, 0.5) is 5.69 Å². The van der Waals surface area contributed by atoms with Crippen molar-refractivity contribution in [3.8, 4) is 0 Å². The molecule has 1 aromatic rings. The van der Waals surface area contributed by atoms with Crippen LogP contribution in [0.3, 0.4) is 0 Å². The van der Waals surface area contributed by atoms with E-state index in [0.29, 0.717) is 18.9 Å². The lowest BCUT2D eigenvalue weighted by Gasteiger charge is -2.43. The highest BCUT2D eigenvalue weighted by Crippen LogP contribution is 2.28. The van der Waals surface area contributed by atoms with Gasteiger partial charge in [0.15, 0.2) is 0 Å². The summed E-state index contributed by atoms with van der Waals surface area (Å²) in [5.41, 5.74) is 1.91. The Morgan fingerprint density at radius 1 is 1.28 bits per heavy atom. The number of ether oxygens (including phenoxy) is 1. The summed E-state index contributed by atoms with van der Waals surface area (Å²) >= 11 is 1.38. The predicted octanol–water partition coefficient (Wildman–Crippen LogP) is 2.84. The maximum atomic E-state index is 12.6. The quantitative estimate of drug-likeness (QED) is 0.875. The van der Waals surface area contributed by atoms with Crippen LogP contribution in [-0.2, 0) is 14.3 Å². The first kappa shape index (κ1) is 18.3. The minimum atomic E-state index is -0.0686. The number of nitrogens with zero attached hydrogens (tertiary/aromatic N) is 1. The molecule has 5 nitrogen and oxygen atoms in total. The van der Waals surface area contributed by atoms with Gasteiger partial charge in [0.05, 0.1) is 30.3 Å². The molecule has 0 bridgehead atoms. The van der Waals surface area contributed by atoms with Gasteiger partial charge in [-0.15, -0.1) is 11.8 Å². The number of amides is 2. The van der Waals surface area contributed by atoms with E-state index in [9.17, 15) is 9.59 Å². The molecule has 2 fully saturated rings. The van der Waals surface area contributed by atoms with Gasteiger partial charge >= 0.3 is 0 Å². The second-order valence-corrected chi connectivity index (χ2v) is 7.74. The number of nitrogens with one attached hydrogen (secondary N) is 1. The first-order valence-corrected chi connectivity index (χ1v) is 10.1. The highest BCUT2D eigenvalue weighted by molar-refractivity contribution is 8.00. The molecular formula is C19H26N2O3S. The number of thioether (sulfide) groups is 1. The first-order valence-electron chi connectivity index (χ1n) is 8.99. The molecule has 25 heavy (non-hydrogen) atoms. The third-order valence-corrected chi connectivity index (χ3v) is 5.73. The van der Waals surface area contributed by atoms with Crippen LogP contribution in [0.15, 0.2) is 24.3 Å². The number of hydrogen-bond donors (Lipinski definition) is 1. The van der Waals surface area contributed by atoms with Crippen molar-refractivity contribution in [3.05, 3.63) is 29.8 Å². The number of fused-ring (bicyclic) bond motifs is 1. The van der Waals surface area contributed by atoms with Gasteiger partial charge in [-0.3, -0.25) is 9.59 Å². The predicted molar refractivity (Wildman–Crippen MR) is 101 cm³/mol. The third kappa shape index (κ3) is 4.98. The lowest BCUT2D eigenvalue weighted by molar-refractivity contribution is -0.146. The number of hydrogen-bond acceptors (Lipinski definition) is 4. The van der Waals surface area contributed by atoms with Gasteiger partial charge in [-0.2, -0.15) is 0 Å². The molecule has 1 aromatic carbocycles. The van der Waals surface area contributed by atoms with Gasteiger partial charge in [0.2, 0.25) is 11.8 Å². The molecule has 6 heteroatoms. The highest BCUT2D eigenvalue weighted by atomic mass is 32.2. The molecule has 0 aromatic heterocycles. The van der Waals surface area contributed by atoms with Gasteiger partial charge in [0, 0.05) is 12.2 Å². The number of rotatable bonds is 5. The SMILES string of the molecule is Cc1cccc(NC(=O)CSCC(=O)N2CCOC3CCCCC32)c1. The minimum Gasteiger partial charge on any atom is -0.374 e. The van der Waals surface area contributed by atoms with Crippen molar-refractivity contribution >= 4 is 29.3 Å². The van der Waals surface area contributed by atoms with Crippen molar-refractivity contribution in [3.63, 3.8) is 0 Å². The van der Waals surface area contributed by atoms with Gasteiger partial charge < -0.3 is 15.0 Å². The van der Waals surface area contributed by atoms with Crippen LogP contribution in [-0.4, -0.2) is 53.5 Å². The van der Waals surface area contributed by atoms with Gasteiger partial charge in [-0.25, -0.2) is 0 Å².